The Hall–Kier alpha value is -1.96. The minimum absolute atomic E-state index is 0.124. The summed E-state index contributed by atoms with van der Waals surface area (Å²) in [5, 5.41) is 12.5. The van der Waals surface area contributed by atoms with Gasteiger partial charge in [0.05, 0.1) is 11.3 Å². The van der Waals surface area contributed by atoms with Gasteiger partial charge in [0.1, 0.15) is 6.54 Å². The highest BCUT2D eigenvalue weighted by atomic mass is 35.5. The second kappa shape index (κ2) is 5.79. The molecule has 0 aliphatic heterocycles. The lowest BCUT2D eigenvalue weighted by atomic mass is 10.2. The number of hydrogen-bond acceptors (Lipinski definition) is 2. The van der Waals surface area contributed by atoms with Gasteiger partial charge in [-0.05, 0) is 18.2 Å². The van der Waals surface area contributed by atoms with Crippen LogP contribution < -0.4 is 10.6 Å². The largest absolute Gasteiger partial charge is 0.478 e. The minimum Gasteiger partial charge on any atom is -0.478 e. The Bertz CT molecular complexity index is 505. The molecule has 0 aromatic heterocycles. The topological polar surface area (TPSA) is 78.4 Å². The van der Waals surface area contributed by atoms with Gasteiger partial charge in [0.2, 0.25) is 0 Å². The highest BCUT2D eigenvalue weighted by molar-refractivity contribution is 6.31. The van der Waals surface area contributed by atoms with Crippen LogP contribution in [0.25, 0.3) is 0 Å². The Kier molecular flexibility index (Phi) is 4.60. The third-order valence-electron chi connectivity index (χ3n) is 1.91. The van der Waals surface area contributed by atoms with Crippen LogP contribution in [0.5, 0.6) is 0 Å². The lowest BCUT2D eigenvalue weighted by molar-refractivity contribution is -0.122. The third kappa shape index (κ3) is 5.04. The molecule has 0 atom stereocenters. The molecule has 0 aliphatic rings. The van der Waals surface area contributed by atoms with Crippen molar-refractivity contribution < 1.29 is 27.9 Å². The molecule has 1 rings (SSSR count). The SMILES string of the molecule is O=C(NCC(F)(F)F)Nc1ccc(Cl)cc1C(=O)O. The number of rotatable bonds is 3. The summed E-state index contributed by atoms with van der Waals surface area (Å²) in [5.74, 6) is -1.37. The fourth-order valence-electron chi connectivity index (χ4n) is 1.15. The lowest BCUT2D eigenvalue weighted by Crippen LogP contribution is -2.36. The van der Waals surface area contributed by atoms with Crippen molar-refractivity contribution in [2.24, 2.45) is 0 Å². The molecule has 2 amide bonds. The van der Waals surface area contributed by atoms with Gasteiger partial charge in [-0.1, -0.05) is 11.6 Å². The molecule has 1 aromatic rings. The average Bonchev–Trinajstić information content (AvgIpc) is 2.28. The summed E-state index contributed by atoms with van der Waals surface area (Å²) in [6.45, 7) is -1.52. The average molecular weight is 297 g/mol. The molecule has 0 aliphatic carbocycles. The van der Waals surface area contributed by atoms with E-state index in [1.807, 2.05) is 5.32 Å². The van der Waals surface area contributed by atoms with Gasteiger partial charge in [0.25, 0.3) is 0 Å². The van der Waals surface area contributed by atoms with Crippen LogP contribution in [-0.2, 0) is 0 Å². The summed E-state index contributed by atoms with van der Waals surface area (Å²) < 4.78 is 35.6. The number of carboxylic acid groups (broad SMARTS) is 1. The maximum absolute atomic E-state index is 11.9. The van der Waals surface area contributed by atoms with Crippen LogP contribution in [0, 0.1) is 0 Å². The van der Waals surface area contributed by atoms with Gasteiger partial charge < -0.3 is 15.7 Å². The van der Waals surface area contributed by atoms with Gasteiger partial charge >= 0.3 is 18.2 Å². The summed E-state index contributed by atoms with van der Waals surface area (Å²) in [4.78, 5) is 22.0. The Morgan fingerprint density at radius 3 is 2.47 bits per heavy atom. The first-order valence-corrected chi connectivity index (χ1v) is 5.21. The number of urea groups is 1. The van der Waals surface area contributed by atoms with Crippen molar-refractivity contribution in [3.05, 3.63) is 28.8 Å². The van der Waals surface area contributed by atoms with E-state index in [2.05, 4.69) is 0 Å². The van der Waals surface area contributed by atoms with E-state index >= 15 is 0 Å². The Balaban J connectivity index is 2.77. The lowest BCUT2D eigenvalue weighted by Gasteiger charge is -2.11. The number of alkyl halides is 3. The number of hydrogen-bond donors (Lipinski definition) is 3. The molecule has 0 unspecified atom stereocenters. The number of carbonyl (C=O) groups excluding carboxylic acids is 1. The third-order valence-corrected chi connectivity index (χ3v) is 2.14. The van der Waals surface area contributed by atoms with Crippen LogP contribution in [0.15, 0.2) is 18.2 Å². The predicted molar refractivity (Wildman–Crippen MR) is 61.5 cm³/mol. The molecular weight excluding hydrogens is 289 g/mol. The number of benzene rings is 1. The fraction of sp³-hybridized carbons (Fsp3) is 0.200. The van der Waals surface area contributed by atoms with Crippen molar-refractivity contribution in [3.8, 4) is 0 Å². The summed E-state index contributed by atoms with van der Waals surface area (Å²) in [6.07, 6.45) is -4.55. The second-order valence-electron chi connectivity index (χ2n) is 3.42. The van der Waals surface area contributed by atoms with Crippen molar-refractivity contribution >= 4 is 29.3 Å². The van der Waals surface area contributed by atoms with Gasteiger partial charge in [0, 0.05) is 5.02 Å². The highest BCUT2D eigenvalue weighted by Gasteiger charge is 2.27. The van der Waals surface area contributed by atoms with Crippen molar-refractivity contribution in [2.45, 2.75) is 6.18 Å². The first-order valence-electron chi connectivity index (χ1n) is 4.83. The van der Waals surface area contributed by atoms with Crippen LogP contribution in [0.2, 0.25) is 5.02 Å². The van der Waals surface area contributed by atoms with E-state index in [1.165, 1.54) is 12.1 Å². The van der Waals surface area contributed by atoms with E-state index in [4.69, 9.17) is 16.7 Å². The van der Waals surface area contributed by atoms with E-state index in [-0.39, 0.29) is 16.3 Å². The molecule has 0 radical (unpaired) electrons. The van der Waals surface area contributed by atoms with Gasteiger partial charge in [-0.15, -0.1) is 0 Å². The monoisotopic (exact) mass is 296 g/mol. The molecule has 104 valence electrons. The maximum Gasteiger partial charge on any atom is 0.405 e. The standard InChI is InChI=1S/C10H8ClF3N2O3/c11-5-1-2-7(6(3-5)8(17)18)16-9(19)15-4-10(12,13)14/h1-3H,4H2,(H,17,18)(H2,15,16,19). The molecule has 0 spiro atoms. The molecule has 1 aromatic carbocycles. The number of anilines is 1. The molecule has 5 nitrogen and oxygen atoms in total. The first kappa shape index (κ1) is 15.1. The zero-order chi connectivity index (χ0) is 14.6. The zero-order valence-electron chi connectivity index (χ0n) is 9.21. The molecule has 0 bridgehead atoms. The molecule has 0 saturated carbocycles. The van der Waals surface area contributed by atoms with Gasteiger partial charge in [-0.2, -0.15) is 13.2 Å². The number of halogens is 4. The Labute approximate surface area is 110 Å². The highest BCUT2D eigenvalue weighted by Crippen LogP contribution is 2.20. The number of carboxylic acids is 1. The number of nitrogens with one attached hydrogen (secondary N) is 2. The molecule has 3 N–H and O–H groups in total. The first-order chi connectivity index (χ1) is 8.69. The summed E-state index contributed by atoms with van der Waals surface area (Å²) in [5.41, 5.74) is -0.480. The fourth-order valence-corrected chi connectivity index (χ4v) is 1.32. The van der Waals surface area contributed by atoms with E-state index in [9.17, 15) is 22.8 Å². The molecule has 0 saturated heterocycles. The van der Waals surface area contributed by atoms with Crippen molar-refractivity contribution in [1.82, 2.24) is 5.32 Å². The summed E-state index contributed by atoms with van der Waals surface area (Å²) in [6, 6.07) is 2.39. The number of aromatic carboxylic acids is 1. The zero-order valence-corrected chi connectivity index (χ0v) is 9.97. The predicted octanol–water partition coefficient (Wildman–Crippen LogP) is 2.72. The van der Waals surface area contributed by atoms with Crippen molar-refractivity contribution in [3.63, 3.8) is 0 Å². The Morgan fingerprint density at radius 2 is 1.95 bits per heavy atom. The van der Waals surface area contributed by atoms with E-state index in [1.54, 1.807) is 5.32 Å². The maximum atomic E-state index is 11.9. The minimum atomic E-state index is -4.55. The molecule has 19 heavy (non-hydrogen) atoms. The van der Waals surface area contributed by atoms with E-state index in [0.29, 0.717) is 0 Å². The van der Waals surface area contributed by atoms with Crippen molar-refractivity contribution in [1.29, 1.82) is 0 Å². The molecule has 0 fully saturated rings. The smallest absolute Gasteiger partial charge is 0.405 e. The van der Waals surface area contributed by atoms with E-state index < -0.39 is 24.7 Å². The van der Waals surface area contributed by atoms with Crippen LogP contribution in [0.1, 0.15) is 10.4 Å². The molecule has 0 heterocycles. The van der Waals surface area contributed by atoms with E-state index in [0.717, 1.165) is 6.07 Å². The Morgan fingerprint density at radius 1 is 1.32 bits per heavy atom. The van der Waals surface area contributed by atoms with Crippen LogP contribution in [-0.4, -0.2) is 29.8 Å². The number of amides is 2. The van der Waals surface area contributed by atoms with Crippen molar-refractivity contribution in [2.75, 3.05) is 11.9 Å². The quantitative estimate of drug-likeness (QED) is 0.802. The normalized spacial score (nSPS) is 10.9. The van der Waals surface area contributed by atoms with Crippen LogP contribution in [0.3, 0.4) is 0 Å². The van der Waals surface area contributed by atoms with Gasteiger partial charge in [0.15, 0.2) is 0 Å². The van der Waals surface area contributed by atoms with Crippen LogP contribution >= 0.6 is 11.6 Å². The summed E-state index contributed by atoms with van der Waals surface area (Å²) in [7, 11) is 0. The van der Waals surface area contributed by atoms with Gasteiger partial charge in [-0.3, -0.25) is 0 Å². The second-order valence-corrected chi connectivity index (χ2v) is 3.85. The van der Waals surface area contributed by atoms with Crippen LogP contribution in [0.4, 0.5) is 23.7 Å². The van der Waals surface area contributed by atoms with Gasteiger partial charge in [-0.25, -0.2) is 9.59 Å². The molecule has 9 heteroatoms. The molecular formula is C10H8ClF3N2O3. The summed E-state index contributed by atoms with van der Waals surface area (Å²) >= 11 is 5.58. The number of carbonyl (C=O) groups is 2.